The van der Waals surface area contributed by atoms with E-state index in [0.717, 1.165) is 0 Å². The second-order valence-electron chi connectivity index (χ2n) is 5.96. The zero-order chi connectivity index (χ0) is 19.7. The number of carbonyl (C=O) groups is 3. The average molecular weight is 427 g/mol. The Morgan fingerprint density at radius 3 is 2.65 bits per heavy atom. The van der Waals surface area contributed by atoms with E-state index in [9.17, 15) is 14.4 Å². The minimum absolute atomic E-state index is 0.0342. The molecule has 26 heavy (non-hydrogen) atoms. The Morgan fingerprint density at radius 1 is 1.35 bits per heavy atom. The van der Waals surface area contributed by atoms with E-state index in [0.29, 0.717) is 13.0 Å². The average Bonchev–Trinajstić information content (AvgIpc) is 2.53. The molecule has 0 radical (unpaired) electrons. The van der Waals surface area contributed by atoms with Crippen molar-refractivity contribution in [3.63, 3.8) is 0 Å². The van der Waals surface area contributed by atoms with Crippen LogP contribution in [0.3, 0.4) is 0 Å². The summed E-state index contributed by atoms with van der Waals surface area (Å²) in [5.74, 6) is -0.646. The van der Waals surface area contributed by atoms with Crippen LogP contribution in [0.15, 0.2) is 24.3 Å². The van der Waals surface area contributed by atoms with Crippen LogP contribution in [-0.4, -0.2) is 46.9 Å². The van der Waals surface area contributed by atoms with Crippen LogP contribution in [0.4, 0.5) is 4.79 Å². The molecule has 0 saturated carbocycles. The van der Waals surface area contributed by atoms with Crippen LogP contribution in [0.2, 0.25) is 0 Å². The number of carbonyl (C=O) groups excluding carboxylic acids is 3. The van der Waals surface area contributed by atoms with Gasteiger partial charge < -0.3 is 20.7 Å². The highest BCUT2D eigenvalue weighted by molar-refractivity contribution is 6.67. The molecule has 2 atom stereocenters. The smallest absolute Gasteiger partial charge is 0.408 e. The summed E-state index contributed by atoms with van der Waals surface area (Å²) in [6.07, 6.45) is 5.78. The molecule has 1 aliphatic heterocycles. The molecule has 0 fully saturated rings. The topological polar surface area (TPSA) is 96.5 Å². The number of halogens is 3. The number of amides is 3. The Morgan fingerprint density at radius 2 is 2.04 bits per heavy atom. The molecule has 7 nitrogen and oxygen atoms in total. The van der Waals surface area contributed by atoms with Crippen LogP contribution in [0.1, 0.15) is 20.3 Å². The van der Waals surface area contributed by atoms with Crippen molar-refractivity contribution < 1.29 is 19.1 Å². The Labute approximate surface area is 167 Å². The van der Waals surface area contributed by atoms with E-state index < -0.39 is 28.4 Å². The zero-order valence-electron chi connectivity index (χ0n) is 14.4. The largest absolute Gasteiger partial charge is 0.445 e. The number of nitrogens with one attached hydrogen (secondary N) is 3. The van der Waals surface area contributed by atoms with Gasteiger partial charge in [-0.05, 0) is 12.3 Å². The zero-order valence-corrected chi connectivity index (χ0v) is 16.7. The Kier molecular flexibility index (Phi) is 9.25. The van der Waals surface area contributed by atoms with Crippen LogP contribution in [-0.2, 0) is 14.3 Å². The highest BCUT2D eigenvalue weighted by Crippen LogP contribution is 2.25. The predicted molar refractivity (Wildman–Crippen MR) is 101 cm³/mol. The van der Waals surface area contributed by atoms with Crippen LogP contribution >= 0.6 is 34.8 Å². The molecule has 1 unspecified atom stereocenters. The molecule has 0 aromatic carbocycles. The molecular weight excluding hydrogens is 405 g/mol. The molecule has 1 heterocycles. The Balaban J connectivity index is 2.84. The Bertz CT molecular complexity index is 574. The van der Waals surface area contributed by atoms with Crippen molar-refractivity contribution in [2.75, 3.05) is 13.2 Å². The van der Waals surface area contributed by atoms with E-state index in [1.165, 1.54) is 12.2 Å². The lowest BCUT2D eigenvalue weighted by molar-refractivity contribution is -0.122. The third-order valence-corrected chi connectivity index (χ3v) is 3.67. The number of alkyl halides is 3. The normalized spacial score (nSPS) is 24.5. The molecule has 10 heteroatoms. The van der Waals surface area contributed by atoms with Gasteiger partial charge in [0.15, 0.2) is 0 Å². The van der Waals surface area contributed by atoms with E-state index >= 15 is 0 Å². The second-order valence-corrected chi connectivity index (χ2v) is 8.47. The van der Waals surface area contributed by atoms with Crippen LogP contribution < -0.4 is 16.0 Å². The number of alkyl carbamates (subject to hydrolysis) is 1. The molecule has 0 aromatic rings. The highest BCUT2D eigenvalue weighted by atomic mass is 35.6. The van der Waals surface area contributed by atoms with Gasteiger partial charge in [-0.2, -0.15) is 0 Å². The quantitative estimate of drug-likeness (QED) is 0.476. The number of hydrogen-bond donors (Lipinski definition) is 3. The minimum atomic E-state index is -1.74. The monoisotopic (exact) mass is 425 g/mol. The second kappa shape index (κ2) is 10.6. The van der Waals surface area contributed by atoms with Crippen molar-refractivity contribution in [3.05, 3.63) is 24.3 Å². The fraction of sp³-hybridized carbons (Fsp3) is 0.562. The van der Waals surface area contributed by atoms with Crippen LogP contribution in [0, 0.1) is 5.92 Å². The van der Waals surface area contributed by atoms with Gasteiger partial charge in [-0.25, -0.2) is 4.79 Å². The van der Waals surface area contributed by atoms with Crippen LogP contribution in [0.5, 0.6) is 0 Å². The summed E-state index contributed by atoms with van der Waals surface area (Å²) in [6.45, 7) is 3.74. The van der Waals surface area contributed by atoms with E-state index in [2.05, 4.69) is 16.0 Å². The fourth-order valence-corrected chi connectivity index (χ4v) is 2.13. The van der Waals surface area contributed by atoms with Gasteiger partial charge in [0.25, 0.3) is 0 Å². The van der Waals surface area contributed by atoms with Gasteiger partial charge >= 0.3 is 6.09 Å². The summed E-state index contributed by atoms with van der Waals surface area (Å²) in [7, 11) is 0. The molecule has 1 rings (SSSR count). The van der Waals surface area contributed by atoms with Gasteiger partial charge in [-0.15, -0.1) is 0 Å². The minimum Gasteiger partial charge on any atom is -0.445 e. The molecule has 0 aliphatic carbocycles. The Hall–Kier alpha value is -1.44. The molecular formula is C16H22Cl3N3O4. The van der Waals surface area contributed by atoms with Crippen molar-refractivity contribution >= 4 is 52.7 Å². The lowest BCUT2D eigenvalue weighted by Crippen LogP contribution is -2.50. The van der Waals surface area contributed by atoms with Gasteiger partial charge in [0.1, 0.15) is 12.6 Å². The maximum Gasteiger partial charge on any atom is 0.408 e. The maximum atomic E-state index is 12.5. The van der Waals surface area contributed by atoms with Gasteiger partial charge in [0.2, 0.25) is 15.6 Å². The van der Waals surface area contributed by atoms with Gasteiger partial charge in [0, 0.05) is 18.7 Å². The van der Waals surface area contributed by atoms with E-state index in [1.54, 1.807) is 12.2 Å². The first-order valence-corrected chi connectivity index (χ1v) is 9.15. The standard InChI is InChI=1S/C16H22Cl3N3O4/c1-10(2)11-6-7-13(23)20-8-4-3-5-12(14(24)21-11)22-15(25)26-9-16(17,18)19/h3,5-7,10-12H,4,8-9H2,1-2H3,(H,20,23)(H,21,24)(H,22,25)/b5-3+,7-6-/t11?,12-/m0/s1. The van der Waals surface area contributed by atoms with E-state index in [1.807, 2.05) is 13.8 Å². The molecule has 146 valence electrons. The van der Waals surface area contributed by atoms with Crippen molar-refractivity contribution in [1.29, 1.82) is 0 Å². The number of ether oxygens (including phenoxy) is 1. The summed E-state index contributed by atoms with van der Waals surface area (Å²) in [4.78, 5) is 36.0. The number of rotatable bonds is 3. The summed E-state index contributed by atoms with van der Waals surface area (Å²) < 4.78 is 3.05. The van der Waals surface area contributed by atoms with Crippen LogP contribution in [0.25, 0.3) is 0 Å². The molecule has 3 amide bonds. The lowest BCUT2D eigenvalue weighted by Gasteiger charge is -2.23. The summed E-state index contributed by atoms with van der Waals surface area (Å²) in [5.41, 5.74) is 0. The summed E-state index contributed by atoms with van der Waals surface area (Å²) >= 11 is 16.6. The summed E-state index contributed by atoms with van der Waals surface area (Å²) in [5, 5.41) is 7.91. The molecule has 0 aromatic heterocycles. The first-order chi connectivity index (χ1) is 12.1. The van der Waals surface area contributed by atoms with Gasteiger partial charge in [0.05, 0.1) is 0 Å². The molecule has 0 spiro atoms. The fourth-order valence-electron chi connectivity index (χ4n) is 1.97. The first-order valence-electron chi connectivity index (χ1n) is 8.01. The van der Waals surface area contributed by atoms with Crippen molar-refractivity contribution in [2.24, 2.45) is 5.92 Å². The summed E-state index contributed by atoms with van der Waals surface area (Å²) in [6, 6.07) is -1.36. The SMILES string of the molecule is CC(C)C1/C=C\C(=O)NCC/C=C/[C@H](NC(=O)OCC(Cl)(Cl)Cl)C(=O)N1. The van der Waals surface area contributed by atoms with Crippen molar-refractivity contribution in [3.8, 4) is 0 Å². The third-order valence-electron chi connectivity index (χ3n) is 3.34. The third kappa shape index (κ3) is 9.31. The van der Waals surface area contributed by atoms with Gasteiger partial charge in [-0.1, -0.05) is 66.9 Å². The predicted octanol–water partition coefficient (Wildman–Crippen LogP) is 2.22. The van der Waals surface area contributed by atoms with E-state index in [4.69, 9.17) is 39.5 Å². The maximum absolute atomic E-state index is 12.5. The lowest BCUT2D eigenvalue weighted by atomic mass is 10.0. The molecule has 0 saturated heterocycles. The highest BCUT2D eigenvalue weighted by Gasteiger charge is 2.25. The van der Waals surface area contributed by atoms with Crippen molar-refractivity contribution in [1.82, 2.24) is 16.0 Å². The molecule has 1 aliphatic rings. The van der Waals surface area contributed by atoms with Crippen molar-refractivity contribution in [2.45, 2.75) is 36.1 Å². The molecule has 0 bridgehead atoms. The van der Waals surface area contributed by atoms with Gasteiger partial charge in [-0.3, -0.25) is 9.59 Å². The van der Waals surface area contributed by atoms with E-state index in [-0.39, 0.29) is 17.9 Å². The molecule has 3 N–H and O–H groups in total. The number of hydrogen-bond acceptors (Lipinski definition) is 4. The first kappa shape index (κ1) is 22.6.